The monoisotopic (exact) mass is 387 g/mol. The van der Waals surface area contributed by atoms with Crippen molar-refractivity contribution < 1.29 is 9.53 Å². The molecule has 0 atom stereocenters. The maximum Gasteiger partial charge on any atom is 0.341 e. The topological polar surface area (TPSA) is 66.1 Å². The molecule has 0 N–H and O–H groups in total. The molecule has 2 aromatic rings. The molecule has 6 heteroatoms. The summed E-state index contributed by atoms with van der Waals surface area (Å²) in [6.45, 7) is 5.97. The number of nitrogens with zero attached hydrogens (tertiary/aromatic N) is 3. The van der Waals surface area contributed by atoms with E-state index in [1.807, 2.05) is 63.2 Å². The molecular weight excluding hydrogens is 366 g/mol. The number of carbonyl (C=O) groups excluding carboxylic acids is 1. The van der Waals surface area contributed by atoms with Gasteiger partial charge in [0.25, 0.3) is 5.56 Å². The molecule has 29 heavy (non-hydrogen) atoms. The number of fused-ring (bicyclic) bond motifs is 1. The molecule has 2 aromatic carbocycles. The molecule has 0 spiro atoms. The van der Waals surface area contributed by atoms with Gasteiger partial charge >= 0.3 is 5.97 Å². The second-order valence-corrected chi connectivity index (χ2v) is 7.11. The van der Waals surface area contributed by atoms with Crippen LogP contribution in [0.4, 0.5) is 0 Å². The van der Waals surface area contributed by atoms with Gasteiger partial charge in [0.05, 0.1) is 18.4 Å². The standard InChI is InChI=1S/C23H21N3O3/c1-14-9-10-17(11-16(14)3)25-12-18-21(19(13-25)23(28)29-4)24-26(22(18)27)20-8-6-5-7-15(20)2/h5-13H,1-4H3. The fourth-order valence-electron chi connectivity index (χ4n) is 3.37. The van der Waals surface area contributed by atoms with Gasteiger partial charge in [0.2, 0.25) is 0 Å². The summed E-state index contributed by atoms with van der Waals surface area (Å²) in [5, 5.41) is 4.47. The lowest BCUT2D eigenvalue weighted by Gasteiger charge is -2.13. The third-order valence-electron chi connectivity index (χ3n) is 5.21. The molecule has 2 heterocycles. The Bertz CT molecular complexity index is 1270. The fraction of sp³-hybridized carbons (Fsp3) is 0.174. The van der Waals surface area contributed by atoms with Gasteiger partial charge in [0.15, 0.2) is 0 Å². The van der Waals surface area contributed by atoms with Crippen LogP contribution in [0, 0.1) is 20.8 Å². The number of hydrogen-bond acceptors (Lipinski definition) is 4. The maximum atomic E-state index is 13.2. The summed E-state index contributed by atoms with van der Waals surface area (Å²) >= 11 is 0. The van der Waals surface area contributed by atoms with Crippen LogP contribution in [0.15, 0.2) is 59.7 Å². The average molecular weight is 387 g/mol. The Morgan fingerprint density at radius 1 is 0.966 bits per heavy atom. The second-order valence-electron chi connectivity index (χ2n) is 7.11. The van der Waals surface area contributed by atoms with Crippen molar-refractivity contribution >= 4 is 5.97 Å². The highest BCUT2D eigenvalue weighted by Gasteiger charge is 2.25. The number of aromatic nitrogens is 3. The number of para-hydroxylation sites is 1. The van der Waals surface area contributed by atoms with Crippen molar-refractivity contribution in [1.29, 1.82) is 0 Å². The number of pyridine rings is 1. The minimum atomic E-state index is -0.539. The van der Waals surface area contributed by atoms with Crippen LogP contribution in [-0.2, 0) is 4.74 Å². The van der Waals surface area contributed by atoms with Crippen molar-refractivity contribution in [2.24, 2.45) is 0 Å². The molecule has 0 bridgehead atoms. The van der Waals surface area contributed by atoms with Crippen LogP contribution < -0.4 is 5.56 Å². The van der Waals surface area contributed by atoms with Crippen molar-refractivity contribution in [2.45, 2.75) is 20.8 Å². The van der Waals surface area contributed by atoms with E-state index in [-0.39, 0.29) is 11.1 Å². The fourth-order valence-corrected chi connectivity index (χ4v) is 3.37. The Morgan fingerprint density at radius 2 is 1.72 bits per heavy atom. The Balaban J connectivity index is 2.02. The Hall–Kier alpha value is -3.67. The third kappa shape index (κ3) is 3.12. The van der Waals surface area contributed by atoms with E-state index in [1.54, 1.807) is 17.0 Å². The molecule has 0 aliphatic carbocycles. The van der Waals surface area contributed by atoms with Gasteiger partial charge in [0, 0.05) is 18.1 Å². The normalized spacial score (nSPS) is 11.0. The SMILES string of the molecule is COC(=O)c1cn(-c2ccc(C)c(C)c2)cc2c(=O)n(-c3ccccc3C)nc1-2. The quantitative estimate of drug-likeness (QED) is 0.501. The molecule has 4 rings (SSSR count). The van der Waals surface area contributed by atoms with Gasteiger partial charge in [0.1, 0.15) is 11.3 Å². The Morgan fingerprint density at radius 3 is 2.41 bits per heavy atom. The number of carbonyl (C=O) groups is 1. The lowest BCUT2D eigenvalue weighted by molar-refractivity contribution is 0.0600. The van der Waals surface area contributed by atoms with E-state index in [4.69, 9.17) is 4.74 Å². The van der Waals surface area contributed by atoms with E-state index < -0.39 is 5.97 Å². The van der Waals surface area contributed by atoms with Gasteiger partial charge in [-0.2, -0.15) is 9.78 Å². The van der Waals surface area contributed by atoms with Crippen molar-refractivity contribution in [2.75, 3.05) is 7.11 Å². The number of methoxy groups -OCH3 is 1. The highest BCUT2D eigenvalue weighted by atomic mass is 16.5. The molecule has 6 nitrogen and oxygen atoms in total. The summed E-state index contributed by atoms with van der Waals surface area (Å²) < 4.78 is 8.07. The van der Waals surface area contributed by atoms with Crippen LogP contribution in [0.1, 0.15) is 27.0 Å². The van der Waals surface area contributed by atoms with Crippen LogP contribution >= 0.6 is 0 Å². The number of ether oxygens (including phenoxy) is 1. The van der Waals surface area contributed by atoms with Gasteiger partial charge in [-0.25, -0.2) is 4.79 Å². The van der Waals surface area contributed by atoms with Gasteiger partial charge in [-0.05, 0) is 55.7 Å². The molecule has 2 aliphatic rings. The molecule has 0 amide bonds. The number of benzene rings is 2. The number of esters is 1. The van der Waals surface area contributed by atoms with Gasteiger partial charge in [-0.15, -0.1) is 0 Å². The second kappa shape index (κ2) is 7.05. The van der Waals surface area contributed by atoms with Crippen molar-refractivity contribution in [3.05, 3.63) is 87.5 Å². The van der Waals surface area contributed by atoms with Crippen LogP contribution in [0.3, 0.4) is 0 Å². The van der Waals surface area contributed by atoms with E-state index >= 15 is 0 Å². The van der Waals surface area contributed by atoms with Gasteiger partial charge in [-0.3, -0.25) is 4.79 Å². The van der Waals surface area contributed by atoms with Crippen LogP contribution in [-0.4, -0.2) is 27.4 Å². The minimum Gasteiger partial charge on any atom is -0.465 e. The molecule has 0 aromatic heterocycles. The third-order valence-corrected chi connectivity index (χ3v) is 5.21. The van der Waals surface area contributed by atoms with E-state index in [9.17, 15) is 9.59 Å². The van der Waals surface area contributed by atoms with Crippen LogP contribution in [0.25, 0.3) is 22.6 Å². The number of hydrogen-bond donors (Lipinski definition) is 0. The minimum absolute atomic E-state index is 0.243. The highest BCUT2D eigenvalue weighted by Crippen LogP contribution is 2.26. The number of aryl methyl sites for hydroxylation is 3. The first kappa shape index (κ1) is 18.7. The first-order valence-corrected chi connectivity index (χ1v) is 9.27. The largest absolute Gasteiger partial charge is 0.465 e. The zero-order chi connectivity index (χ0) is 20.7. The molecule has 0 unspecified atom stereocenters. The van der Waals surface area contributed by atoms with E-state index in [0.29, 0.717) is 16.9 Å². The first-order chi connectivity index (χ1) is 13.9. The maximum absolute atomic E-state index is 13.2. The average Bonchev–Trinajstić information content (AvgIpc) is 3.05. The molecule has 146 valence electrons. The summed E-state index contributed by atoms with van der Waals surface area (Å²) in [5.41, 5.74) is 5.38. The van der Waals surface area contributed by atoms with E-state index in [2.05, 4.69) is 5.10 Å². The molecule has 0 fully saturated rings. The summed E-state index contributed by atoms with van der Waals surface area (Å²) in [6.07, 6.45) is 3.38. The molecular formula is C23H21N3O3. The first-order valence-electron chi connectivity index (χ1n) is 9.27. The lowest BCUT2D eigenvalue weighted by Crippen LogP contribution is -2.16. The lowest BCUT2D eigenvalue weighted by atomic mass is 10.1. The predicted octanol–water partition coefficient (Wildman–Crippen LogP) is 3.84. The van der Waals surface area contributed by atoms with Gasteiger partial charge < -0.3 is 9.30 Å². The van der Waals surface area contributed by atoms with E-state index in [1.165, 1.54) is 17.4 Å². The Labute approximate surface area is 168 Å². The van der Waals surface area contributed by atoms with Gasteiger partial charge in [-0.1, -0.05) is 24.3 Å². The zero-order valence-electron chi connectivity index (χ0n) is 16.8. The molecule has 0 saturated carbocycles. The van der Waals surface area contributed by atoms with Crippen LogP contribution in [0.2, 0.25) is 0 Å². The highest BCUT2D eigenvalue weighted by molar-refractivity contribution is 5.96. The predicted molar refractivity (Wildman–Crippen MR) is 111 cm³/mol. The summed E-state index contributed by atoms with van der Waals surface area (Å²) in [6, 6.07) is 13.5. The summed E-state index contributed by atoms with van der Waals surface area (Å²) in [5.74, 6) is -0.539. The molecule has 0 saturated heterocycles. The van der Waals surface area contributed by atoms with Crippen molar-refractivity contribution in [1.82, 2.24) is 14.3 Å². The van der Waals surface area contributed by atoms with Crippen LogP contribution in [0.5, 0.6) is 0 Å². The number of rotatable bonds is 3. The van der Waals surface area contributed by atoms with E-state index in [0.717, 1.165) is 16.8 Å². The summed E-state index contributed by atoms with van der Waals surface area (Å²) in [4.78, 5) is 25.7. The molecule has 0 radical (unpaired) electrons. The Kier molecular flexibility index (Phi) is 4.54. The van der Waals surface area contributed by atoms with Crippen molar-refractivity contribution in [3.8, 4) is 22.6 Å². The molecule has 2 aliphatic heterocycles. The zero-order valence-corrected chi connectivity index (χ0v) is 16.8. The summed E-state index contributed by atoms with van der Waals surface area (Å²) in [7, 11) is 1.32. The smallest absolute Gasteiger partial charge is 0.341 e. The van der Waals surface area contributed by atoms with Crippen molar-refractivity contribution in [3.63, 3.8) is 0 Å².